The lowest BCUT2D eigenvalue weighted by Gasteiger charge is -2.32. The van der Waals surface area contributed by atoms with Crippen molar-refractivity contribution in [3.05, 3.63) is 47.3 Å². The summed E-state index contributed by atoms with van der Waals surface area (Å²) in [6.07, 6.45) is 7.09. The van der Waals surface area contributed by atoms with Gasteiger partial charge in [0.2, 0.25) is 0 Å². The van der Waals surface area contributed by atoms with E-state index in [0.29, 0.717) is 5.92 Å². The van der Waals surface area contributed by atoms with Gasteiger partial charge in [0.25, 0.3) is 0 Å². The average molecular weight is 427 g/mol. The van der Waals surface area contributed by atoms with E-state index in [2.05, 4.69) is 46.0 Å². The van der Waals surface area contributed by atoms with Gasteiger partial charge in [-0.1, -0.05) is 23.9 Å². The Kier molecular flexibility index (Phi) is 7.63. The summed E-state index contributed by atoms with van der Waals surface area (Å²) in [6, 6.07) is 8.65. The lowest BCUT2D eigenvalue weighted by molar-refractivity contribution is 0.198. The van der Waals surface area contributed by atoms with E-state index in [1.807, 2.05) is 6.20 Å². The van der Waals surface area contributed by atoms with Crippen molar-refractivity contribution < 1.29 is 4.74 Å². The topological polar surface area (TPSA) is 41.5 Å². The number of hydrogen-bond donors (Lipinski definition) is 0. The summed E-state index contributed by atoms with van der Waals surface area (Å²) in [6.45, 7) is 9.00. The fraction of sp³-hybridized carbons (Fsp3) is 0.583. The number of piperidine rings is 1. The van der Waals surface area contributed by atoms with E-state index in [1.165, 1.54) is 55.6 Å². The Morgan fingerprint density at radius 3 is 2.73 bits per heavy atom. The summed E-state index contributed by atoms with van der Waals surface area (Å²) in [5, 5.41) is 0.939. The Morgan fingerprint density at radius 1 is 1.10 bits per heavy atom. The highest BCUT2D eigenvalue weighted by molar-refractivity contribution is 7.99. The SMILES string of the molecule is COc1ccc(CN2CCC[C@H](c3ccnc(SCCN4CCCC4)n3)C2)cc1C. The molecule has 0 N–H and O–H groups in total. The molecule has 0 spiro atoms. The van der Waals surface area contributed by atoms with Crippen molar-refractivity contribution in [2.45, 2.75) is 50.2 Å². The van der Waals surface area contributed by atoms with Crippen molar-refractivity contribution in [3.63, 3.8) is 0 Å². The van der Waals surface area contributed by atoms with Crippen LogP contribution in [0.3, 0.4) is 0 Å². The van der Waals surface area contributed by atoms with Crippen LogP contribution in [0.25, 0.3) is 0 Å². The highest BCUT2D eigenvalue weighted by atomic mass is 32.2. The van der Waals surface area contributed by atoms with Gasteiger partial charge in [-0.15, -0.1) is 0 Å². The molecule has 1 atom stereocenters. The average Bonchev–Trinajstić information content (AvgIpc) is 3.28. The zero-order valence-corrected chi connectivity index (χ0v) is 19.2. The summed E-state index contributed by atoms with van der Waals surface area (Å²) in [4.78, 5) is 14.6. The van der Waals surface area contributed by atoms with E-state index in [1.54, 1.807) is 18.9 Å². The third kappa shape index (κ3) is 5.74. The van der Waals surface area contributed by atoms with E-state index >= 15 is 0 Å². The third-order valence-electron chi connectivity index (χ3n) is 6.28. The molecule has 162 valence electrons. The summed E-state index contributed by atoms with van der Waals surface area (Å²) in [7, 11) is 1.73. The van der Waals surface area contributed by atoms with E-state index in [-0.39, 0.29) is 0 Å². The number of thioether (sulfide) groups is 1. The van der Waals surface area contributed by atoms with Crippen LogP contribution in [-0.4, -0.2) is 65.4 Å². The minimum absolute atomic E-state index is 0.499. The third-order valence-corrected chi connectivity index (χ3v) is 7.12. The molecule has 6 heteroatoms. The van der Waals surface area contributed by atoms with Crippen LogP contribution in [0.1, 0.15) is 48.4 Å². The Hall–Kier alpha value is -1.63. The normalized spacial score (nSPS) is 20.5. The maximum absolute atomic E-state index is 5.40. The van der Waals surface area contributed by atoms with Gasteiger partial charge < -0.3 is 9.64 Å². The molecular weight excluding hydrogens is 392 g/mol. The van der Waals surface area contributed by atoms with E-state index in [0.717, 1.165) is 42.8 Å². The van der Waals surface area contributed by atoms with Crippen LogP contribution in [0.4, 0.5) is 0 Å². The van der Waals surface area contributed by atoms with Crippen molar-refractivity contribution in [1.29, 1.82) is 0 Å². The Balaban J connectivity index is 1.32. The standard InChI is InChI=1S/C24H34N4OS/c1-19-16-20(7-8-23(19)29-2)17-28-13-5-6-21(18-28)22-9-10-25-24(26-22)30-15-14-27-11-3-4-12-27/h7-10,16,21H,3-6,11-15,17-18H2,1-2H3/t21-/m0/s1. The van der Waals surface area contributed by atoms with Gasteiger partial charge >= 0.3 is 0 Å². The summed E-state index contributed by atoms with van der Waals surface area (Å²) < 4.78 is 5.40. The first-order valence-corrected chi connectivity index (χ1v) is 12.2. The van der Waals surface area contributed by atoms with Crippen molar-refractivity contribution in [2.75, 3.05) is 45.6 Å². The van der Waals surface area contributed by atoms with Crippen molar-refractivity contribution in [3.8, 4) is 5.75 Å². The molecule has 0 radical (unpaired) electrons. The molecule has 2 aromatic rings. The first kappa shape index (κ1) is 21.6. The quantitative estimate of drug-likeness (QED) is 0.461. The van der Waals surface area contributed by atoms with Crippen LogP contribution in [0.5, 0.6) is 5.75 Å². The molecule has 0 amide bonds. The number of rotatable bonds is 8. The highest BCUT2D eigenvalue weighted by Gasteiger charge is 2.23. The van der Waals surface area contributed by atoms with Gasteiger partial charge in [-0.25, -0.2) is 9.97 Å². The lowest BCUT2D eigenvalue weighted by Crippen LogP contribution is -2.34. The largest absolute Gasteiger partial charge is 0.496 e. The lowest BCUT2D eigenvalue weighted by atomic mass is 9.94. The van der Waals surface area contributed by atoms with Gasteiger partial charge in [0, 0.05) is 43.2 Å². The molecule has 0 aliphatic carbocycles. The molecule has 2 fully saturated rings. The zero-order valence-electron chi connectivity index (χ0n) is 18.3. The van der Waals surface area contributed by atoms with Gasteiger partial charge in [0.05, 0.1) is 7.11 Å². The molecule has 0 bridgehead atoms. The number of aromatic nitrogens is 2. The molecule has 2 aliphatic rings. The summed E-state index contributed by atoms with van der Waals surface area (Å²) >= 11 is 1.80. The van der Waals surface area contributed by atoms with Crippen LogP contribution in [0.2, 0.25) is 0 Å². The first-order valence-electron chi connectivity index (χ1n) is 11.3. The molecule has 4 rings (SSSR count). The zero-order chi connectivity index (χ0) is 20.8. The molecule has 1 aromatic carbocycles. The van der Waals surface area contributed by atoms with Crippen LogP contribution in [-0.2, 0) is 6.54 Å². The maximum Gasteiger partial charge on any atom is 0.187 e. The highest BCUT2D eigenvalue weighted by Crippen LogP contribution is 2.28. The summed E-state index contributed by atoms with van der Waals surface area (Å²) in [5.41, 5.74) is 3.77. The van der Waals surface area contributed by atoms with Gasteiger partial charge in [-0.3, -0.25) is 4.90 Å². The van der Waals surface area contributed by atoms with Crippen LogP contribution in [0.15, 0.2) is 35.6 Å². The predicted molar refractivity (Wildman–Crippen MR) is 123 cm³/mol. The van der Waals surface area contributed by atoms with Crippen molar-refractivity contribution >= 4 is 11.8 Å². The van der Waals surface area contributed by atoms with Crippen molar-refractivity contribution in [1.82, 2.24) is 19.8 Å². The smallest absolute Gasteiger partial charge is 0.187 e. The van der Waals surface area contributed by atoms with Crippen LogP contribution in [0, 0.1) is 6.92 Å². The monoisotopic (exact) mass is 426 g/mol. The molecule has 5 nitrogen and oxygen atoms in total. The number of likely N-dealkylation sites (tertiary alicyclic amines) is 2. The Labute approximate surface area is 185 Å². The van der Waals surface area contributed by atoms with Gasteiger partial charge in [-0.05, 0) is 75.5 Å². The molecule has 3 heterocycles. The van der Waals surface area contributed by atoms with E-state index in [9.17, 15) is 0 Å². The number of aryl methyl sites for hydroxylation is 1. The fourth-order valence-electron chi connectivity index (χ4n) is 4.66. The van der Waals surface area contributed by atoms with Crippen LogP contribution < -0.4 is 4.74 Å². The number of nitrogens with zero attached hydrogens (tertiary/aromatic N) is 4. The Bertz CT molecular complexity index is 825. The fourth-order valence-corrected chi connectivity index (χ4v) is 5.50. The number of hydrogen-bond acceptors (Lipinski definition) is 6. The van der Waals surface area contributed by atoms with Crippen LogP contribution >= 0.6 is 11.8 Å². The molecule has 0 saturated carbocycles. The second-order valence-electron chi connectivity index (χ2n) is 8.54. The Morgan fingerprint density at radius 2 is 1.93 bits per heavy atom. The van der Waals surface area contributed by atoms with Crippen molar-refractivity contribution in [2.24, 2.45) is 0 Å². The predicted octanol–water partition coefficient (Wildman–Crippen LogP) is 4.36. The molecule has 2 saturated heterocycles. The number of benzene rings is 1. The summed E-state index contributed by atoms with van der Waals surface area (Å²) in [5.74, 6) is 2.54. The second-order valence-corrected chi connectivity index (χ2v) is 9.60. The number of methoxy groups -OCH3 is 1. The molecule has 0 unspecified atom stereocenters. The first-order chi connectivity index (χ1) is 14.7. The molecular formula is C24H34N4OS. The molecule has 1 aromatic heterocycles. The van der Waals surface area contributed by atoms with E-state index < -0.39 is 0 Å². The van der Waals surface area contributed by atoms with Gasteiger partial charge in [0.15, 0.2) is 5.16 Å². The van der Waals surface area contributed by atoms with Gasteiger partial charge in [0.1, 0.15) is 5.75 Å². The second kappa shape index (κ2) is 10.6. The maximum atomic E-state index is 5.40. The number of ether oxygens (including phenoxy) is 1. The van der Waals surface area contributed by atoms with Gasteiger partial charge in [-0.2, -0.15) is 0 Å². The molecule has 30 heavy (non-hydrogen) atoms. The molecule has 2 aliphatic heterocycles. The minimum Gasteiger partial charge on any atom is -0.496 e. The minimum atomic E-state index is 0.499. The van der Waals surface area contributed by atoms with E-state index in [4.69, 9.17) is 9.72 Å².